The van der Waals surface area contributed by atoms with E-state index in [0.29, 0.717) is 5.69 Å². The van der Waals surface area contributed by atoms with Crippen LogP contribution in [0.4, 0.5) is 17.1 Å². The second kappa shape index (κ2) is 7.13. The molecule has 0 saturated carbocycles. The molecular formula is C14H10IN3O5. The molecule has 0 atom stereocenters. The number of nitro benzene ring substituents is 2. The zero-order chi connectivity index (χ0) is 17.0. The Labute approximate surface area is 143 Å². The molecule has 0 saturated heterocycles. The fraction of sp³-hybridized carbons (Fsp3) is 0.0714. The highest BCUT2D eigenvalue weighted by Gasteiger charge is 2.21. The van der Waals surface area contributed by atoms with Crippen molar-refractivity contribution in [2.24, 2.45) is 0 Å². The zero-order valence-corrected chi connectivity index (χ0v) is 13.7. The van der Waals surface area contributed by atoms with Gasteiger partial charge in [-0.3, -0.25) is 25.0 Å². The maximum atomic E-state index is 12.0. The molecule has 1 N–H and O–H groups in total. The summed E-state index contributed by atoms with van der Waals surface area (Å²) in [5.74, 6) is -0.442. The van der Waals surface area contributed by atoms with Gasteiger partial charge in [0.2, 0.25) is 5.91 Å². The van der Waals surface area contributed by atoms with Crippen molar-refractivity contribution in [2.45, 2.75) is 6.42 Å². The summed E-state index contributed by atoms with van der Waals surface area (Å²) in [6.45, 7) is 0. The minimum Gasteiger partial charge on any atom is -0.326 e. The summed E-state index contributed by atoms with van der Waals surface area (Å²) in [5, 5.41) is 24.3. The lowest BCUT2D eigenvalue weighted by Crippen LogP contribution is -2.15. The Hall–Kier alpha value is -2.56. The normalized spacial score (nSPS) is 10.1. The van der Waals surface area contributed by atoms with Crippen LogP contribution in [0.2, 0.25) is 0 Å². The van der Waals surface area contributed by atoms with Crippen molar-refractivity contribution in [2.75, 3.05) is 5.32 Å². The number of hydrogen-bond donors (Lipinski definition) is 1. The number of rotatable bonds is 5. The molecule has 0 spiro atoms. The molecule has 0 bridgehead atoms. The van der Waals surface area contributed by atoms with Crippen molar-refractivity contribution >= 4 is 45.6 Å². The van der Waals surface area contributed by atoms with E-state index in [1.165, 1.54) is 6.07 Å². The first-order valence-electron chi connectivity index (χ1n) is 6.34. The maximum Gasteiger partial charge on any atom is 0.279 e. The Kier molecular flexibility index (Phi) is 5.21. The van der Waals surface area contributed by atoms with Crippen LogP contribution in [-0.2, 0) is 11.2 Å². The standard InChI is InChI=1S/C14H10IN3O5/c15-10-2-4-11(5-3-10)16-14(19)7-9-1-6-12(17(20)21)8-13(9)18(22)23/h1-6,8H,7H2,(H,16,19). The fourth-order valence-corrected chi connectivity index (χ4v) is 2.26. The molecule has 0 aliphatic rings. The van der Waals surface area contributed by atoms with E-state index in [2.05, 4.69) is 27.9 Å². The van der Waals surface area contributed by atoms with E-state index in [0.717, 1.165) is 15.7 Å². The number of hydrogen-bond acceptors (Lipinski definition) is 5. The first-order chi connectivity index (χ1) is 10.9. The molecule has 2 aromatic rings. The van der Waals surface area contributed by atoms with Gasteiger partial charge in [0.05, 0.1) is 22.3 Å². The van der Waals surface area contributed by atoms with Gasteiger partial charge in [0.25, 0.3) is 11.4 Å². The molecule has 2 rings (SSSR count). The highest BCUT2D eigenvalue weighted by Crippen LogP contribution is 2.25. The second-order valence-corrected chi connectivity index (χ2v) is 5.80. The number of non-ortho nitro benzene ring substituents is 1. The summed E-state index contributed by atoms with van der Waals surface area (Å²) in [6, 6.07) is 10.3. The molecule has 8 nitrogen and oxygen atoms in total. The number of nitrogens with one attached hydrogen (secondary N) is 1. The third kappa shape index (κ3) is 4.45. The quantitative estimate of drug-likeness (QED) is 0.447. The summed E-state index contributed by atoms with van der Waals surface area (Å²) < 4.78 is 1.01. The van der Waals surface area contributed by atoms with Crippen molar-refractivity contribution < 1.29 is 14.6 Å². The SMILES string of the molecule is O=C(Cc1ccc([N+](=O)[O-])cc1[N+](=O)[O-])Nc1ccc(I)cc1. The largest absolute Gasteiger partial charge is 0.326 e. The molecule has 0 aliphatic carbocycles. The first-order valence-corrected chi connectivity index (χ1v) is 7.42. The molecule has 0 heterocycles. The Morgan fingerprint density at radius 3 is 2.26 bits per heavy atom. The minimum atomic E-state index is -0.736. The Balaban J connectivity index is 2.18. The lowest BCUT2D eigenvalue weighted by atomic mass is 10.1. The van der Waals surface area contributed by atoms with Gasteiger partial charge < -0.3 is 5.32 Å². The Bertz CT molecular complexity index is 776. The lowest BCUT2D eigenvalue weighted by molar-refractivity contribution is -0.394. The van der Waals surface area contributed by atoms with Gasteiger partial charge >= 0.3 is 0 Å². The third-order valence-corrected chi connectivity index (χ3v) is 3.67. The average Bonchev–Trinajstić information content (AvgIpc) is 2.49. The fourth-order valence-electron chi connectivity index (χ4n) is 1.90. The summed E-state index contributed by atoms with van der Waals surface area (Å²) in [4.78, 5) is 32.2. The number of benzene rings is 2. The third-order valence-electron chi connectivity index (χ3n) is 2.96. The number of carbonyl (C=O) groups is 1. The smallest absolute Gasteiger partial charge is 0.279 e. The van der Waals surface area contributed by atoms with E-state index in [1.807, 2.05) is 12.1 Å². The molecule has 0 aromatic heterocycles. The van der Waals surface area contributed by atoms with Gasteiger partial charge in [0.1, 0.15) is 0 Å². The number of nitro groups is 2. The van der Waals surface area contributed by atoms with E-state index in [4.69, 9.17) is 0 Å². The van der Waals surface area contributed by atoms with Crippen molar-refractivity contribution in [3.05, 3.63) is 71.8 Å². The van der Waals surface area contributed by atoms with E-state index in [9.17, 15) is 25.0 Å². The van der Waals surface area contributed by atoms with Gasteiger partial charge in [-0.1, -0.05) is 0 Å². The van der Waals surface area contributed by atoms with Crippen LogP contribution in [0.25, 0.3) is 0 Å². The lowest BCUT2D eigenvalue weighted by Gasteiger charge is -2.06. The number of carbonyl (C=O) groups excluding carboxylic acids is 1. The van der Waals surface area contributed by atoms with Crippen LogP contribution in [0.15, 0.2) is 42.5 Å². The van der Waals surface area contributed by atoms with Crippen molar-refractivity contribution in [3.8, 4) is 0 Å². The second-order valence-electron chi connectivity index (χ2n) is 4.56. The monoisotopic (exact) mass is 427 g/mol. The number of nitrogens with zero attached hydrogens (tertiary/aromatic N) is 2. The van der Waals surface area contributed by atoms with Crippen LogP contribution in [0.3, 0.4) is 0 Å². The summed E-state index contributed by atoms with van der Waals surface area (Å²) in [5.41, 5.74) is -0.154. The van der Waals surface area contributed by atoms with Gasteiger partial charge in [0, 0.05) is 20.9 Å². The molecule has 2 aromatic carbocycles. The first kappa shape index (κ1) is 16.8. The minimum absolute atomic E-state index is 0.114. The molecule has 1 amide bonds. The predicted molar refractivity (Wildman–Crippen MR) is 91.2 cm³/mol. The number of anilines is 1. The zero-order valence-electron chi connectivity index (χ0n) is 11.6. The Morgan fingerprint density at radius 1 is 1.04 bits per heavy atom. The van der Waals surface area contributed by atoms with Gasteiger partial charge in [0.15, 0.2) is 0 Å². The van der Waals surface area contributed by atoms with E-state index >= 15 is 0 Å². The molecular weight excluding hydrogens is 417 g/mol. The van der Waals surface area contributed by atoms with Crippen LogP contribution in [0.1, 0.15) is 5.56 Å². The van der Waals surface area contributed by atoms with E-state index in [-0.39, 0.29) is 12.0 Å². The van der Waals surface area contributed by atoms with Crippen LogP contribution in [0, 0.1) is 23.8 Å². The summed E-state index contributed by atoms with van der Waals surface area (Å²) in [6.07, 6.45) is -0.250. The molecule has 23 heavy (non-hydrogen) atoms. The average molecular weight is 427 g/mol. The van der Waals surface area contributed by atoms with Crippen LogP contribution < -0.4 is 5.32 Å². The predicted octanol–water partition coefficient (Wildman–Crippen LogP) is 3.29. The maximum absolute atomic E-state index is 12.0. The van der Waals surface area contributed by atoms with Crippen molar-refractivity contribution in [3.63, 3.8) is 0 Å². The van der Waals surface area contributed by atoms with Gasteiger partial charge in [-0.2, -0.15) is 0 Å². The molecule has 0 fully saturated rings. The Morgan fingerprint density at radius 2 is 1.70 bits per heavy atom. The van der Waals surface area contributed by atoms with Gasteiger partial charge in [-0.25, -0.2) is 0 Å². The van der Waals surface area contributed by atoms with Crippen LogP contribution >= 0.6 is 22.6 Å². The number of halogens is 1. The highest BCUT2D eigenvalue weighted by atomic mass is 127. The summed E-state index contributed by atoms with van der Waals surface area (Å²) >= 11 is 2.13. The van der Waals surface area contributed by atoms with E-state index < -0.39 is 27.1 Å². The van der Waals surface area contributed by atoms with Crippen LogP contribution in [0.5, 0.6) is 0 Å². The van der Waals surface area contributed by atoms with Crippen molar-refractivity contribution in [1.29, 1.82) is 0 Å². The molecule has 118 valence electrons. The van der Waals surface area contributed by atoms with Crippen LogP contribution in [-0.4, -0.2) is 15.8 Å². The van der Waals surface area contributed by atoms with E-state index in [1.54, 1.807) is 12.1 Å². The van der Waals surface area contributed by atoms with Crippen molar-refractivity contribution in [1.82, 2.24) is 0 Å². The topological polar surface area (TPSA) is 115 Å². The molecule has 0 radical (unpaired) electrons. The molecule has 0 aliphatic heterocycles. The molecule has 0 unspecified atom stereocenters. The number of amides is 1. The molecule has 9 heteroatoms. The highest BCUT2D eigenvalue weighted by molar-refractivity contribution is 14.1. The summed E-state index contributed by atoms with van der Waals surface area (Å²) in [7, 11) is 0. The van der Waals surface area contributed by atoms with Gasteiger partial charge in [-0.05, 0) is 52.9 Å². The van der Waals surface area contributed by atoms with Gasteiger partial charge in [-0.15, -0.1) is 0 Å².